The molecule has 0 aliphatic rings. The van der Waals surface area contributed by atoms with Crippen LogP contribution in [0.25, 0.3) is 5.57 Å². The second kappa shape index (κ2) is 6.56. The van der Waals surface area contributed by atoms with Gasteiger partial charge in [-0.25, -0.2) is 4.39 Å². The zero-order valence-corrected chi connectivity index (χ0v) is 13.2. The van der Waals surface area contributed by atoms with Gasteiger partial charge in [0.05, 0.1) is 12.2 Å². The van der Waals surface area contributed by atoms with Gasteiger partial charge in [0.2, 0.25) is 5.91 Å². The Kier molecular flexibility index (Phi) is 4.75. The van der Waals surface area contributed by atoms with Gasteiger partial charge < -0.3 is 5.32 Å². The lowest BCUT2D eigenvalue weighted by Crippen LogP contribution is -2.25. The average Bonchev–Trinajstić information content (AvgIpc) is 2.79. The Morgan fingerprint density at radius 1 is 1.36 bits per heavy atom. The molecule has 2 rings (SSSR count). The molecule has 4 nitrogen and oxygen atoms in total. The Morgan fingerprint density at radius 3 is 2.55 bits per heavy atom. The Morgan fingerprint density at radius 2 is 2.00 bits per heavy atom. The maximum absolute atomic E-state index is 12.9. The van der Waals surface area contributed by atoms with Gasteiger partial charge >= 0.3 is 0 Å². The molecule has 0 bridgehead atoms. The number of aryl methyl sites for hydroxylation is 1. The summed E-state index contributed by atoms with van der Waals surface area (Å²) in [4.78, 5) is 12.1. The highest BCUT2D eigenvalue weighted by molar-refractivity contribution is 5.95. The largest absolute Gasteiger partial charge is 0.346 e. The van der Waals surface area contributed by atoms with Gasteiger partial charge in [-0.15, -0.1) is 0 Å². The Bertz CT molecular complexity index is 701. The second-order valence-electron chi connectivity index (χ2n) is 5.37. The molecule has 1 aromatic carbocycles. The summed E-state index contributed by atoms with van der Waals surface area (Å²) in [6.07, 6.45) is 3.28. The van der Waals surface area contributed by atoms with Crippen LogP contribution in [0.3, 0.4) is 0 Å². The van der Waals surface area contributed by atoms with Crippen LogP contribution < -0.4 is 5.32 Å². The van der Waals surface area contributed by atoms with E-state index in [-0.39, 0.29) is 17.8 Å². The van der Waals surface area contributed by atoms with E-state index in [0.29, 0.717) is 0 Å². The fourth-order valence-electron chi connectivity index (χ4n) is 2.27. The van der Waals surface area contributed by atoms with Crippen LogP contribution in [0, 0.1) is 12.7 Å². The molecule has 0 aliphatic heterocycles. The molecule has 0 spiro atoms. The minimum Gasteiger partial charge on any atom is -0.346 e. The van der Waals surface area contributed by atoms with Crippen LogP contribution >= 0.6 is 0 Å². The number of aromatic nitrogens is 2. The van der Waals surface area contributed by atoms with Crippen molar-refractivity contribution < 1.29 is 9.18 Å². The van der Waals surface area contributed by atoms with Gasteiger partial charge in [0.15, 0.2) is 0 Å². The Hall–Kier alpha value is -2.43. The lowest BCUT2D eigenvalue weighted by atomic mass is 10.1. The van der Waals surface area contributed by atoms with Gasteiger partial charge in [-0.1, -0.05) is 12.1 Å². The number of nitrogens with zero attached hydrogens (tertiary/aromatic N) is 2. The number of hydrogen-bond donors (Lipinski definition) is 1. The zero-order valence-electron chi connectivity index (χ0n) is 13.2. The van der Waals surface area contributed by atoms with Gasteiger partial charge in [0.25, 0.3) is 0 Å². The number of amides is 1. The molecular weight excluding hydrogens is 281 g/mol. The number of benzene rings is 1. The quantitative estimate of drug-likeness (QED) is 0.882. The molecule has 0 fully saturated rings. The lowest BCUT2D eigenvalue weighted by Gasteiger charge is -2.12. The molecule has 22 heavy (non-hydrogen) atoms. The van der Waals surface area contributed by atoms with Crippen molar-refractivity contribution in [3.8, 4) is 0 Å². The number of halogens is 1. The third-order valence-corrected chi connectivity index (χ3v) is 3.75. The Balaban J connectivity index is 2.07. The van der Waals surface area contributed by atoms with Crippen molar-refractivity contribution in [2.24, 2.45) is 7.05 Å². The summed E-state index contributed by atoms with van der Waals surface area (Å²) in [5.74, 6) is -0.473. The van der Waals surface area contributed by atoms with Crippen molar-refractivity contribution >= 4 is 11.5 Å². The molecule has 0 unspecified atom stereocenters. The summed E-state index contributed by atoms with van der Waals surface area (Å²) in [5.41, 5.74) is 3.62. The first-order chi connectivity index (χ1) is 10.4. The fourth-order valence-corrected chi connectivity index (χ4v) is 2.27. The van der Waals surface area contributed by atoms with Crippen LogP contribution in [-0.2, 0) is 11.8 Å². The van der Waals surface area contributed by atoms with E-state index in [1.807, 2.05) is 27.8 Å². The zero-order chi connectivity index (χ0) is 16.3. The molecular formula is C17H20FN3O. The predicted octanol–water partition coefficient (Wildman–Crippen LogP) is 3.15. The van der Waals surface area contributed by atoms with E-state index in [9.17, 15) is 9.18 Å². The number of allylic oxidation sites excluding steroid dienone is 1. The van der Waals surface area contributed by atoms with E-state index in [2.05, 4.69) is 10.4 Å². The molecule has 1 aromatic heterocycles. The molecule has 1 N–H and O–H groups in total. The maximum atomic E-state index is 12.9. The summed E-state index contributed by atoms with van der Waals surface area (Å²) in [5, 5.41) is 7.10. The van der Waals surface area contributed by atoms with Gasteiger partial charge in [-0.2, -0.15) is 5.10 Å². The summed E-state index contributed by atoms with van der Waals surface area (Å²) in [6.45, 7) is 5.71. The van der Waals surface area contributed by atoms with E-state index < -0.39 is 0 Å². The smallest absolute Gasteiger partial charge is 0.244 e. The van der Waals surface area contributed by atoms with Crippen LogP contribution in [0.1, 0.15) is 36.7 Å². The maximum Gasteiger partial charge on any atom is 0.244 e. The summed E-state index contributed by atoms with van der Waals surface area (Å²) in [7, 11) is 1.87. The molecule has 1 amide bonds. The first-order valence-corrected chi connectivity index (χ1v) is 7.11. The fraction of sp³-hybridized carbons (Fsp3) is 0.294. The van der Waals surface area contributed by atoms with Crippen molar-refractivity contribution in [1.29, 1.82) is 0 Å². The lowest BCUT2D eigenvalue weighted by molar-refractivity contribution is -0.117. The minimum absolute atomic E-state index is 0.126. The number of carbonyl (C=O) groups excluding carboxylic acids is 1. The Labute approximate surface area is 129 Å². The molecule has 0 saturated heterocycles. The second-order valence-corrected chi connectivity index (χ2v) is 5.37. The topological polar surface area (TPSA) is 46.9 Å². The van der Waals surface area contributed by atoms with Crippen LogP contribution in [0.2, 0.25) is 0 Å². The molecule has 2 aromatic rings. The normalized spacial score (nSPS) is 13.0. The van der Waals surface area contributed by atoms with Crippen LogP contribution in [0.15, 0.2) is 36.5 Å². The van der Waals surface area contributed by atoms with Gasteiger partial charge in [0, 0.05) is 24.4 Å². The number of hydrogen-bond acceptors (Lipinski definition) is 2. The van der Waals surface area contributed by atoms with Gasteiger partial charge in [0.1, 0.15) is 5.82 Å². The van der Waals surface area contributed by atoms with Crippen molar-refractivity contribution in [3.63, 3.8) is 0 Å². The van der Waals surface area contributed by atoms with E-state index >= 15 is 0 Å². The predicted molar refractivity (Wildman–Crippen MR) is 84.6 cm³/mol. The monoisotopic (exact) mass is 301 g/mol. The van der Waals surface area contributed by atoms with Crippen molar-refractivity contribution in [2.75, 3.05) is 0 Å². The standard InChI is InChI=1S/C17H20FN3O/c1-11(14-5-7-15(18)8-6-14)9-17(22)20-12(2)16-10-19-21(4)13(16)3/h5-10,12H,1-4H3,(H,20,22)/b11-9+/t12-/m0/s1. The van der Waals surface area contributed by atoms with Crippen LogP contribution in [-0.4, -0.2) is 15.7 Å². The first-order valence-electron chi connectivity index (χ1n) is 7.11. The highest BCUT2D eigenvalue weighted by Crippen LogP contribution is 2.17. The third-order valence-electron chi connectivity index (χ3n) is 3.75. The molecule has 1 heterocycles. The summed E-state index contributed by atoms with van der Waals surface area (Å²) in [6, 6.07) is 5.95. The van der Waals surface area contributed by atoms with Crippen molar-refractivity contribution in [1.82, 2.24) is 15.1 Å². The van der Waals surface area contributed by atoms with Crippen LogP contribution in [0.4, 0.5) is 4.39 Å². The summed E-state index contributed by atoms with van der Waals surface area (Å²) < 4.78 is 14.7. The molecule has 116 valence electrons. The van der Waals surface area contributed by atoms with Crippen molar-refractivity contribution in [3.05, 3.63) is 59.2 Å². The molecule has 0 saturated carbocycles. The third kappa shape index (κ3) is 3.61. The minimum atomic E-state index is -0.290. The molecule has 5 heteroatoms. The summed E-state index contributed by atoms with van der Waals surface area (Å²) >= 11 is 0. The van der Waals surface area contributed by atoms with Gasteiger partial charge in [-0.3, -0.25) is 9.48 Å². The highest BCUT2D eigenvalue weighted by Gasteiger charge is 2.13. The molecule has 0 radical (unpaired) electrons. The highest BCUT2D eigenvalue weighted by atomic mass is 19.1. The van der Waals surface area contributed by atoms with Crippen molar-refractivity contribution in [2.45, 2.75) is 26.8 Å². The number of nitrogens with one attached hydrogen (secondary N) is 1. The van der Waals surface area contributed by atoms with E-state index in [1.165, 1.54) is 18.2 Å². The van der Waals surface area contributed by atoms with Gasteiger partial charge in [-0.05, 0) is 44.0 Å². The first kappa shape index (κ1) is 15.9. The number of rotatable bonds is 4. The van der Waals surface area contributed by atoms with E-state index in [0.717, 1.165) is 22.4 Å². The molecule has 1 atom stereocenters. The molecule has 0 aliphatic carbocycles. The van der Waals surface area contributed by atoms with Crippen LogP contribution in [0.5, 0.6) is 0 Å². The van der Waals surface area contributed by atoms with E-state index in [1.54, 1.807) is 23.0 Å². The average molecular weight is 301 g/mol. The van der Waals surface area contributed by atoms with E-state index in [4.69, 9.17) is 0 Å². The number of carbonyl (C=O) groups is 1. The SMILES string of the molecule is C/C(=C\C(=O)N[C@@H](C)c1cnn(C)c1C)c1ccc(F)cc1.